The Labute approximate surface area is 112 Å². The number of aromatic nitrogens is 1. The quantitative estimate of drug-likeness (QED) is 0.867. The summed E-state index contributed by atoms with van der Waals surface area (Å²) in [6, 6.07) is 5.12. The Morgan fingerprint density at radius 2 is 2.37 bits per heavy atom. The molecule has 2 rings (SSSR count). The largest absolute Gasteiger partial charge is 0.394 e. The van der Waals surface area contributed by atoms with Crippen molar-refractivity contribution in [2.24, 2.45) is 0 Å². The Balaban J connectivity index is 2.23. The third-order valence-corrected chi connectivity index (χ3v) is 3.52. The number of pyridine rings is 1. The Bertz CT molecular complexity index is 522. The zero-order valence-corrected chi connectivity index (χ0v) is 11.0. The van der Waals surface area contributed by atoms with Crippen LogP contribution in [-0.4, -0.2) is 40.1 Å². The molecule has 0 bridgehead atoms. The third kappa shape index (κ3) is 2.74. The molecule has 100 valence electrons. The number of likely N-dealkylation sites (tertiary alicyclic amines) is 1. The minimum Gasteiger partial charge on any atom is -0.394 e. The predicted octanol–water partition coefficient (Wildman–Crippen LogP) is 1.25. The molecule has 2 heterocycles. The van der Waals surface area contributed by atoms with E-state index in [0.29, 0.717) is 23.5 Å². The lowest BCUT2D eigenvalue weighted by Crippen LogP contribution is -2.45. The van der Waals surface area contributed by atoms with Gasteiger partial charge in [-0.05, 0) is 38.3 Å². The summed E-state index contributed by atoms with van der Waals surface area (Å²) in [5.41, 5.74) is 1.39. The molecular weight excluding hydrogens is 242 g/mol. The van der Waals surface area contributed by atoms with Crippen LogP contribution in [0.4, 0.5) is 0 Å². The summed E-state index contributed by atoms with van der Waals surface area (Å²) < 4.78 is 0. The van der Waals surface area contributed by atoms with Gasteiger partial charge in [0.1, 0.15) is 11.8 Å². The van der Waals surface area contributed by atoms with E-state index in [9.17, 15) is 9.90 Å². The van der Waals surface area contributed by atoms with Crippen molar-refractivity contribution in [1.29, 1.82) is 5.26 Å². The fraction of sp³-hybridized carbons (Fsp3) is 0.500. The number of carbonyl (C=O) groups excluding carboxylic acids is 1. The highest BCUT2D eigenvalue weighted by Gasteiger charge is 2.27. The van der Waals surface area contributed by atoms with Crippen LogP contribution in [0, 0.1) is 18.3 Å². The summed E-state index contributed by atoms with van der Waals surface area (Å²) >= 11 is 0. The van der Waals surface area contributed by atoms with Gasteiger partial charge in [0.25, 0.3) is 5.91 Å². The number of aryl methyl sites for hydroxylation is 1. The topological polar surface area (TPSA) is 77.2 Å². The van der Waals surface area contributed by atoms with Gasteiger partial charge >= 0.3 is 0 Å². The second kappa shape index (κ2) is 5.81. The standard InChI is InChI=1S/C14H17N3O2/c1-10-11(8-15)5-6-13(16-10)14(19)17-7-3-2-4-12(17)9-18/h5-6,12,18H,2-4,7,9H2,1H3. The van der Waals surface area contributed by atoms with Gasteiger partial charge in [-0.1, -0.05) is 0 Å². The van der Waals surface area contributed by atoms with E-state index in [4.69, 9.17) is 5.26 Å². The molecule has 1 aromatic heterocycles. The zero-order chi connectivity index (χ0) is 13.8. The number of rotatable bonds is 2. The van der Waals surface area contributed by atoms with Gasteiger partial charge in [-0.3, -0.25) is 4.79 Å². The first-order chi connectivity index (χ1) is 9.17. The molecule has 1 aromatic rings. The number of carbonyl (C=O) groups is 1. The molecular formula is C14H17N3O2. The van der Waals surface area contributed by atoms with Crippen LogP contribution < -0.4 is 0 Å². The minimum atomic E-state index is -0.161. The van der Waals surface area contributed by atoms with Gasteiger partial charge in [0.05, 0.1) is 23.9 Å². The van der Waals surface area contributed by atoms with Crippen molar-refractivity contribution in [1.82, 2.24) is 9.88 Å². The molecule has 19 heavy (non-hydrogen) atoms. The van der Waals surface area contributed by atoms with Crippen molar-refractivity contribution in [2.75, 3.05) is 13.2 Å². The molecule has 0 radical (unpaired) electrons. The zero-order valence-electron chi connectivity index (χ0n) is 11.0. The summed E-state index contributed by atoms with van der Waals surface area (Å²) in [7, 11) is 0. The SMILES string of the molecule is Cc1nc(C(=O)N2CCCCC2CO)ccc1C#N. The van der Waals surface area contributed by atoms with E-state index in [1.54, 1.807) is 24.0 Å². The molecule has 1 unspecified atom stereocenters. The number of hydrogen-bond acceptors (Lipinski definition) is 4. The number of aliphatic hydroxyl groups excluding tert-OH is 1. The van der Waals surface area contributed by atoms with Crippen molar-refractivity contribution in [3.63, 3.8) is 0 Å². The summed E-state index contributed by atoms with van der Waals surface area (Å²) in [5, 5.41) is 18.2. The lowest BCUT2D eigenvalue weighted by molar-refractivity contribution is 0.0497. The number of nitriles is 1. The smallest absolute Gasteiger partial charge is 0.272 e. The number of nitrogens with zero attached hydrogens (tertiary/aromatic N) is 3. The molecule has 1 N–H and O–H groups in total. The van der Waals surface area contributed by atoms with E-state index in [-0.39, 0.29) is 18.6 Å². The van der Waals surface area contributed by atoms with Crippen LogP contribution in [0.5, 0.6) is 0 Å². The molecule has 1 aliphatic rings. The van der Waals surface area contributed by atoms with E-state index < -0.39 is 0 Å². The maximum Gasteiger partial charge on any atom is 0.272 e. The minimum absolute atomic E-state index is 0.0129. The van der Waals surface area contributed by atoms with Crippen molar-refractivity contribution < 1.29 is 9.90 Å². The summed E-state index contributed by atoms with van der Waals surface area (Å²) in [6.07, 6.45) is 2.82. The van der Waals surface area contributed by atoms with Crippen molar-refractivity contribution >= 4 is 5.91 Å². The summed E-state index contributed by atoms with van der Waals surface area (Å²) in [6.45, 7) is 2.36. The molecule has 0 aliphatic carbocycles. The highest BCUT2D eigenvalue weighted by molar-refractivity contribution is 5.92. The normalized spacial score (nSPS) is 19.0. The van der Waals surface area contributed by atoms with Crippen LogP contribution in [-0.2, 0) is 0 Å². The first kappa shape index (κ1) is 13.5. The summed E-state index contributed by atoms with van der Waals surface area (Å²) in [5.74, 6) is -0.161. The molecule has 1 atom stereocenters. The molecule has 1 amide bonds. The number of piperidine rings is 1. The molecule has 0 aromatic carbocycles. The Hall–Kier alpha value is -1.93. The molecule has 1 saturated heterocycles. The van der Waals surface area contributed by atoms with Gasteiger partial charge in [0.2, 0.25) is 0 Å². The van der Waals surface area contributed by atoms with Gasteiger partial charge in [-0.15, -0.1) is 0 Å². The summed E-state index contributed by atoms with van der Waals surface area (Å²) in [4.78, 5) is 18.3. The lowest BCUT2D eigenvalue weighted by atomic mass is 10.0. The van der Waals surface area contributed by atoms with Gasteiger partial charge in [0, 0.05) is 6.54 Å². The average molecular weight is 259 g/mol. The Kier molecular flexibility index (Phi) is 4.13. The van der Waals surface area contributed by atoms with Gasteiger partial charge < -0.3 is 10.0 Å². The monoisotopic (exact) mass is 259 g/mol. The maximum absolute atomic E-state index is 12.4. The Morgan fingerprint density at radius 1 is 1.58 bits per heavy atom. The molecule has 0 saturated carbocycles. The number of amides is 1. The molecule has 5 heteroatoms. The van der Waals surface area contributed by atoms with E-state index in [2.05, 4.69) is 4.98 Å². The highest BCUT2D eigenvalue weighted by Crippen LogP contribution is 2.19. The maximum atomic E-state index is 12.4. The molecule has 1 fully saturated rings. The van der Waals surface area contributed by atoms with E-state index in [1.807, 2.05) is 6.07 Å². The van der Waals surface area contributed by atoms with Gasteiger partial charge in [0.15, 0.2) is 0 Å². The van der Waals surface area contributed by atoms with Crippen molar-refractivity contribution in [2.45, 2.75) is 32.2 Å². The molecule has 5 nitrogen and oxygen atoms in total. The first-order valence-corrected chi connectivity index (χ1v) is 6.47. The Morgan fingerprint density at radius 3 is 3.00 bits per heavy atom. The second-order valence-electron chi connectivity index (χ2n) is 4.77. The predicted molar refractivity (Wildman–Crippen MR) is 69.5 cm³/mol. The van der Waals surface area contributed by atoms with Crippen LogP contribution in [0.15, 0.2) is 12.1 Å². The van der Waals surface area contributed by atoms with Gasteiger partial charge in [-0.2, -0.15) is 5.26 Å². The van der Waals surface area contributed by atoms with E-state index >= 15 is 0 Å². The first-order valence-electron chi connectivity index (χ1n) is 6.47. The number of aliphatic hydroxyl groups is 1. The third-order valence-electron chi connectivity index (χ3n) is 3.52. The van der Waals surface area contributed by atoms with Crippen LogP contribution in [0.1, 0.15) is 41.0 Å². The lowest BCUT2D eigenvalue weighted by Gasteiger charge is -2.34. The van der Waals surface area contributed by atoms with Crippen LogP contribution in [0.2, 0.25) is 0 Å². The highest BCUT2D eigenvalue weighted by atomic mass is 16.3. The molecule has 0 spiro atoms. The number of hydrogen-bond donors (Lipinski definition) is 1. The fourth-order valence-corrected chi connectivity index (χ4v) is 2.40. The molecule has 1 aliphatic heterocycles. The van der Waals surface area contributed by atoms with Crippen LogP contribution in [0.3, 0.4) is 0 Å². The fourth-order valence-electron chi connectivity index (χ4n) is 2.40. The van der Waals surface area contributed by atoms with E-state index in [1.165, 1.54) is 0 Å². The van der Waals surface area contributed by atoms with Crippen molar-refractivity contribution in [3.8, 4) is 6.07 Å². The van der Waals surface area contributed by atoms with Crippen LogP contribution in [0.25, 0.3) is 0 Å². The second-order valence-corrected chi connectivity index (χ2v) is 4.77. The van der Waals surface area contributed by atoms with Crippen LogP contribution >= 0.6 is 0 Å². The average Bonchev–Trinajstić information content (AvgIpc) is 2.46. The van der Waals surface area contributed by atoms with Crippen molar-refractivity contribution in [3.05, 3.63) is 29.1 Å². The van der Waals surface area contributed by atoms with E-state index in [0.717, 1.165) is 19.3 Å². The van der Waals surface area contributed by atoms with Gasteiger partial charge in [-0.25, -0.2) is 4.98 Å².